The highest BCUT2D eigenvalue weighted by Crippen LogP contribution is 2.35. The van der Waals surface area contributed by atoms with Crippen molar-refractivity contribution in [2.75, 3.05) is 25.7 Å². The third kappa shape index (κ3) is 7.85. The predicted molar refractivity (Wildman–Crippen MR) is 177 cm³/mol. The van der Waals surface area contributed by atoms with Crippen molar-refractivity contribution in [1.82, 2.24) is 5.32 Å². The van der Waals surface area contributed by atoms with Gasteiger partial charge in [-0.05, 0) is 66.1 Å². The molecule has 0 radical (unpaired) electrons. The molecule has 47 heavy (non-hydrogen) atoms. The molecule has 1 aliphatic rings. The van der Waals surface area contributed by atoms with Crippen LogP contribution >= 0.6 is 11.6 Å². The van der Waals surface area contributed by atoms with Crippen LogP contribution in [0, 0.1) is 0 Å². The Hall–Kier alpha value is -5.48. The van der Waals surface area contributed by atoms with Crippen LogP contribution in [0.25, 0.3) is 6.08 Å². The molecule has 1 aliphatic heterocycles. The second kappa shape index (κ2) is 15.2. The number of barbiturate groups is 1. The number of methoxy groups -OCH3 is 2. The lowest BCUT2D eigenvalue weighted by Crippen LogP contribution is -2.54. The average Bonchev–Trinajstić information content (AvgIpc) is 3.08. The highest BCUT2D eigenvalue weighted by molar-refractivity contribution is 6.39. The molecule has 4 aromatic carbocycles. The largest absolute Gasteiger partial charge is 0.493 e. The number of halogens is 1. The smallest absolute Gasteiger partial charge is 0.335 e. The molecule has 1 saturated heterocycles. The van der Waals surface area contributed by atoms with Crippen molar-refractivity contribution in [3.63, 3.8) is 0 Å². The monoisotopic (exact) mass is 656 g/mol. The van der Waals surface area contributed by atoms with Crippen molar-refractivity contribution in [1.29, 1.82) is 0 Å². The molecule has 1 N–H and O–H groups in total. The van der Waals surface area contributed by atoms with Crippen molar-refractivity contribution >= 4 is 41.2 Å². The van der Waals surface area contributed by atoms with Gasteiger partial charge in [0.25, 0.3) is 11.8 Å². The standard InChI is InChI=1S/C36H33ClN2O8/c1-4-16-45-30-15-12-27(20-33(30)44-3)39-35(41)28(34(40)38-36(39)42)19-25-18-26(37)11-14-29(25)46-22-24-10-13-31(32(17-24)43-2)47-21-23-8-6-5-7-9-23/h5-15,17-20H,4,16,21-22H2,1-3H3,(H,38,40,42)/b28-19-. The summed E-state index contributed by atoms with van der Waals surface area (Å²) in [4.78, 5) is 40.3. The molecule has 0 atom stereocenters. The van der Waals surface area contributed by atoms with Crippen LogP contribution in [0.4, 0.5) is 10.5 Å². The summed E-state index contributed by atoms with van der Waals surface area (Å²) in [5.41, 5.74) is 2.08. The van der Waals surface area contributed by atoms with E-state index in [0.717, 1.165) is 22.4 Å². The van der Waals surface area contributed by atoms with Gasteiger partial charge in [-0.2, -0.15) is 0 Å². The van der Waals surface area contributed by atoms with E-state index >= 15 is 0 Å². The third-order valence-corrected chi connectivity index (χ3v) is 7.34. The lowest BCUT2D eigenvalue weighted by Gasteiger charge is -2.27. The number of anilines is 1. The first-order valence-electron chi connectivity index (χ1n) is 14.8. The van der Waals surface area contributed by atoms with E-state index in [-0.39, 0.29) is 17.9 Å². The molecule has 0 saturated carbocycles. The van der Waals surface area contributed by atoms with Gasteiger partial charge in [0.1, 0.15) is 24.5 Å². The maximum absolute atomic E-state index is 13.6. The van der Waals surface area contributed by atoms with Crippen molar-refractivity contribution in [2.45, 2.75) is 26.6 Å². The minimum absolute atomic E-state index is 0.129. The topological polar surface area (TPSA) is 113 Å². The van der Waals surface area contributed by atoms with Gasteiger partial charge in [-0.15, -0.1) is 0 Å². The molecule has 0 unspecified atom stereocenters. The molecular weight excluding hydrogens is 624 g/mol. The second-order valence-corrected chi connectivity index (χ2v) is 10.8. The molecule has 0 spiro atoms. The normalized spacial score (nSPS) is 13.7. The van der Waals surface area contributed by atoms with Gasteiger partial charge < -0.3 is 23.7 Å². The first-order valence-corrected chi connectivity index (χ1v) is 15.2. The van der Waals surface area contributed by atoms with Gasteiger partial charge >= 0.3 is 6.03 Å². The summed E-state index contributed by atoms with van der Waals surface area (Å²) in [5.74, 6) is 0.584. The summed E-state index contributed by atoms with van der Waals surface area (Å²) in [7, 11) is 3.01. The zero-order chi connectivity index (χ0) is 33.3. The maximum atomic E-state index is 13.6. The first-order chi connectivity index (χ1) is 22.8. The molecule has 11 heteroatoms. The summed E-state index contributed by atoms with van der Waals surface area (Å²) in [6, 6.07) is 23.8. The Balaban J connectivity index is 1.36. The third-order valence-electron chi connectivity index (χ3n) is 7.10. The van der Waals surface area contributed by atoms with Gasteiger partial charge in [0.15, 0.2) is 23.0 Å². The number of hydrogen-bond acceptors (Lipinski definition) is 8. The van der Waals surface area contributed by atoms with Crippen LogP contribution in [-0.4, -0.2) is 38.7 Å². The Bertz CT molecular complexity index is 1810. The number of ether oxygens (including phenoxy) is 5. The number of nitrogens with one attached hydrogen (secondary N) is 1. The fourth-order valence-electron chi connectivity index (χ4n) is 4.76. The van der Waals surface area contributed by atoms with E-state index in [4.69, 9.17) is 35.3 Å². The number of benzene rings is 4. The summed E-state index contributed by atoms with van der Waals surface area (Å²) >= 11 is 6.30. The van der Waals surface area contributed by atoms with Crippen molar-refractivity contribution in [3.8, 4) is 28.7 Å². The van der Waals surface area contributed by atoms with Crippen LogP contribution in [0.3, 0.4) is 0 Å². The fourth-order valence-corrected chi connectivity index (χ4v) is 4.94. The second-order valence-electron chi connectivity index (χ2n) is 10.4. The molecule has 1 fully saturated rings. The van der Waals surface area contributed by atoms with Gasteiger partial charge in [0.05, 0.1) is 26.5 Å². The predicted octanol–water partition coefficient (Wildman–Crippen LogP) is 6.97. The van der Waals surface area contributed by atoms with E-state index in [9.17, 15) is 14.4 Å². The quantitative estimate of drug-likeness (QED) is 0.121. The lowest BCUT2D eigenvalue weighted by molar-refractivity contribution is -0.122. The van der Waals surface area contributed by atoms with Crippen LogP contribution in [0.1, 0.15) is 30.0 Å². The number of rotatable bonds is 13. The van der Waals surface area contributed by atoms with Crippen LogP contribution in [0.2, 0.25) is 5.02 Å². The maximum Gasteiger partial charge on any atom is 0.335 e. The molecule has 242 valence electrons. The van der Waals surface area contributed by atoms with Crippen LogP contribution in [0.5, 0.6) is 28.7 Å². The SMILES string of the molecule is CCCOc1ccc(N2C(=O)NC(=O)/C(=C/c3cc(Cl)ccc3OCc3ccc(OCc4ccccc4)c(OC)c3)C2=O)cc1OC. The van der Waals surface area contributed by atoms with Crippen molar-refractivity contribution in [3.05, 3.63) is 112 Å². The average molecular weight is 657 g/mol. The van der Waals surface area contributed by atoms with Gasteiger partial charge in [-0.3, -0.25) is 14.9 Å². The van der Waals surface area contributed by atoms with E-state index in [1.807, 2.05) is 49.4 Å². The van der Waals surface area contributed by atoms with E-state index in [0.29, 0.717) is 52.5 Å². The van der Waals surface area contributed by atoms with E-state index in [1.165, 1.54) is 19.3 Å². The number of nitrogens with zero attached hydrogens (tertiary/aromatic N) is 1. The van der Waals surface area contributed by atoms with Crippen molar-refractivity contribution in [2.24, 2.45) is 0 Å². The minimum Gasteiger partial charge on any atom is -0.493 e. The van der Waals surface area contributed by atoms with Crippen LogP contribution in [-0.2, 0) is 22.8 Å². The van der Waals surface area contributed by atoms with Gasteiger partial charge in [0.2, 0.25) is 0 Å². The zero-order valence-corrected chi connectivity index (χ0v) is 26.8. The lowest BCUT2D eigenvalue weighted by atomic mass is 10.1. The molecule has 4 aromatic rings. The summed E-state index contributed by atoms with van der Waals surface area (Å²) in [6.45, 7) is 2.95. The molecule has 0 aromatic heterocycles. The van der Waals surface area contributed by atoms with E-state index in [2.05, 4.69) is 5.32 Å². The molecule has 5 rings (SSSR count). The molecule has 10 nitrogen and oxygen atoms in total. The molecular formula is C36H33ClN2O8. The molecule has 0 aliphatic carbocycles. The number of amides is 4. The number of imide groups is 2. The number of carbonyl (C=O) groups is 3. The van der Waals surface area contributed by atoms with Crippen LogP contribution in [0.15, 0.2) is 90.5 Å². The van der Waals surface area contributed by atoms with Crippen LogP contribution < -0.4 is 33.9 Å². The Labute approximate surface area is 277 Å². The highest BCUT2D eigenvalue weighted by atomic mass is 35.5. The van der Waals surface area contributed by atoms with Gasteiger partial charge in [0, 0.05) is 16.7 Å². The number of hydrogen-bond donors (Lipinski definition) is 1. The fraction of sp³-hybridized carbons (Fsp3) is 0.194. The summed E-state index contributed by atoms with van der Waals surface area (Å²) < 4.78 is 28.7. The minimum atomic E-state index is -0.894. The zero-order valence-electron chi connectivity index (χ0n) is 26.1. The Morgan fingerprint density at radius 2 is 1.38 bits per heavy atom. The Morgan fingerprint density at radius 3 is 2.13 bits per heavy atom. The van der Waals surface area contributed by atoms with Gasteiger partial charge in [-0.25, -0.2) is 9.69 Å². The highest BCUT2D eigenvalue weighted by Gasteiger charge is 2.37. The first kappa shape index (κ1) is 32.9. The Morgan fingerprint density at radius 1 is 0.723 bits per heavy atom. The molecule has 4 amide bonds. The summed E-state index contributed by atoms with van der Waals surface area (Å²) in [5, 5.41) is 2.59. The van der Waals surface area contributed by atoms with Gasteiger partial charge in [-0.1, -0.05) is 54.9 Å². The number of urea groups is 1. The van der Waals surface area contributed by atoms with E-state index < -0.39 is 17.8 Å². The van der Waals surface area contributed by atoms with E-state index in [1.54, 1.807) is 43.5 Å². The molecule has 0 bridgehead atoms. The van der Waals surface area contributed by atoms with Crippen molar-refractivity contribution < 1.29 is 38.1 Å². The molecule has 1 heterocycles. The number of carbonyl (C=O) groups excluding carboxylic acids is 3. The summed E-state index contributed by atoms with van der Waals surface area (Å²) in [6.07, 6.45) is 2.13. The Kier molecular flexibility index (Phi) is 10.6.